The fourth-order valence-corrected chi connectivity index (χ4v) is 5.33. The first kappa shape index (κ1) is 48.8. The van der Waals surface area contributed by atoms with Crippen molar-refractivity contribution < 1.29 is 38.2 Å². The van der Waals surface area contributed by atoms with E-state index < -0.39 is 24.1 Å². The van der Waals surface area contributed by atoms with Gasteiger partial charge in [-0.25, -0.2) is 0 Å². The normalized spacial score (nSPS) is 13.8. The van der Waals surface area contributed by atoms with Gasteiger partial charge in [-0.1, -0.05) is 138 Å². The predicted octanol–water partition coefficient (Wildman–Crippen LogP) is 9.07. The highest BCUT2D eigenvalue weighted by Gasteiger charge is 2.25. The highest BCUT2D eigenvalue weighted by Crippen LogP contribution is 2.12. The van der Waals surface area contributed by atoms with Crippen molar-refractivity contribution in [2.24, 2.45) is 0 Å². The van der Waals surface area contributed by atoms with Gasteiger partial charge in [0, 0.05) is 19.3 Å². The molecule has 0 saturated carbocycles. The average Bonchev–Trinajstić information content (AvgIpc) is 3.09. The minimum Gasteiger partial charge on any atom is -0.544 e. The number of nitrogens with zero attached hydrogens (tertiary/aromatic N) is 1. The van der Waals surface area contributed by atoms with Crippen LogP contribution >= 0.6 is 0 Å². The number of likely N-dealkylation sites (N-methyl/N-ethyl adjacent to an activating group) is 1. The molecule has 0 radical (unpaired) electrons. The molecule has 0 N–H and O–H groups in total. The van der Waals surface area contributed by atoms with Crippen LogP contribution in [0, 0.1) is 0 Å². The first-order valence-corrected chi connectivity index (χ1v) is 20.0. The maximum absolute atomic E-state index is 12.6. The third-order valence-corrected chi connectivity index (χ3v) is 8.45. The lowest BCUT2D eigenvalue weighted by atomic mass is 10.1. The fraction of sp³-hybridized carbons (Fsp3) is 0.659. The van der Waals surface area contributed by atoms with E-state index in [4.69, 9.17) is 14.2 Å². The molecule has 0 spiro atoms. The molecule has 0 aliphatic heterocycles. The monoisotopic (exact) mass is 728 g/mol. The minimum absolute atomic E-state index is 0.00692. The summed E-state index contributed by atoms with van der Waals surface area (Å²) >= 11 is 0. The molecule has 8 nitrogen and oxygen atoms in total. The molecule has 0 fully saturated rings. The SMILES string of the molecule is CC/C=C/C=C/C=C/C=C/C=C/CCCC(=O)OC(COCCC(C(=O)[O-])[N+](C)(C)C)COC(=O)CCCCCCCCC/C=C/CCCCCC. The Hall–Kier alpha value is -3.23. The number of carboxylic acid groups (broad SMARTS) is 1. The van der Waals surface area contributed by atoms with Crippen molar-refractivity contribution >= 4 is 17.9 Å². The van der Waals surface area contributed by atoms with Crippen LogP contribution in [0.1, 0.15) is 136 Å². The Bertz CT molecular complexity index is 1080. The highest BCUT2D eigenvalue weighted by molar-refractivity contribution is 5.70. The van der Waals surface area contributed by atoms with E-state index in [0.29, 0.717) is 19.3 Å². The summed E-state index contributed by atoms with van der Waals surface area (Å²) in [6, 6.07) is -0.741. The van der Waals surface area contributed by atoms with Crippen LogP contribution in [-0.2, 0) is 28.6 Å². The van der Waals surface area contributed by atoms with Crippen molar-refractivity contribution in [2.45, 2.75) is 148 Å². The third kappa shape index (κ3) is 32.7. The number of ether oxygens (including phenoxy) is 3. The largest absolute Gasteiger partial charge is 0.544 e. The van der Waals surface area contributed by atoms with Crippen molar-refractivity contribution in [1.29, 1.82) is 0 Å². The summed E-state index contributed by atoms with van der Waals surface area (Å²) < 4.78 is 17.0. The van der Waals surface area contributed by atoms with Crippen molar-refractivity contribution in [3.63, 3.8) is 0 Å². The number of carbonyl (C=O) groups excluding carboxylic acids is 3. The molecule has 0 bridgehead atoms. The maximum Gasteiger partial charge on any atom is 0.306 e. The first-order valence-electron chi connectivity index (χ1n) is 20.0. The molecule has 2 atom stereocenters. The minimum atomic E-state index is -1.14. The Morgan fingerprint density at radius 2 is 1.12 bits per heavy atom. The summed E-state index contributed by atoms with van der Waals surface area (Å²) in [5, 5.41) is 11.6. The average molecular weight is 728 g/mol. The molecular formula is C44H73NO7. The number of allylic oxidation sites excluding steroid dienone is 12. The maximum atomic E-state index is 12.6. The van der Waals surface area contributed by atoms with Gasteiger partial charge in [-0.3, -0.25) is 9.59 Å². The van der Waals surface area contributed by atoms with E-state index in [-0.39, 0.29) is 43.1 Å². The van der Waals surface area contributed by atoms with Crippen LogP contribution in [0.2, 0.25) is 0 Å². The second kappa shape index (κ2) is 34.8. The standard InChI is InChI=1S/C44H73NO7/c1-6-8-10-12-14-16-18-20-21-23-24-26-28-30-32-34-42(46)51-39-40(38-50-37-36-41(44(48)49)45(3,4)5)52-43(47)35-33-31-29-27-25-22-19-17-15-13-11-9-7-2/h9,11,13,15-19,22,25,27,29,40-41H,6-8,10,12,14,20-21,23-24,26,28,30-39H2,1-5H3/b11-9+,15-13+,18-16+,19-17+,25-22+,29-27+. The number of carbonyl (C=O) groups is 3. The Kier molecular flexibility index (Phi) is 32.7. The number of unbranched alkanes of at least 4 members (excludes halogenated alkanes) is 12. The number of esters is 2. The van der Waals surface area contributed by atoms with E-state index in [1.807, 2.05) is 54.7 Å². The Balaban J connectivity index is 4.52. The van der Waals surface area contributed by atoms with Crippen molar-refractivity contribution in [1.82, 2.24) is 0 Å². The highest BCUT2D eigenvalue weighted by atomic mass is 16.6. The predicted molar refractivity (Wildman–Crippen MR) is 212 cm³/mol. The zero-order chi connectivity index (χ0) is 38.5. The molecule has 0 aromatic carbocycles. The molecule has 0 heterocycles. The molecule has 2 unspecified atom stereocenters. The molecule has 8 heteroatoms. The van der Waals surface area contributed by atoms with Crippen molar-refractivity contribution in [2.75, 3.05) is 41.0 Å². The van der Waals surface area contributed by atoms with Gasteiger partial charge in [0.15, 0.2) is 6.10 Å². The Labute approximate surface area is 317 Å². The summed E-state index contributed by atoms with van der Waals surface area (Å²) in [6.45, 7) is 4.39. The van der Waals surface area contributed by atoms with Gasteiger partial charge in [0.1, 0.15) is 12.6 Å². The summed E-state index contributed by atoms with van der Waals surface area (Å²) in [5.41, 5.74) is 0. The van der Waals surface area contributed by atoms with Crippen molar-refractivity contribution in [3.8, 4) is 0 Å². The van der Waals surface area contributed by atoms with Crippen LogP contribution < -0.4 is 5.11 Å². The fourth-order valence-electron chi connectivity index (χ4n) is 5.33. The quantitative estimate of drug-likeness (QED) is 0.0214. The lowest BCUT2D eigenvalue weighted by Gasteiger charge is -2.34. The molecule has 0 rings (SSSR count). The third-order valence-electron chi connectivity index (χ3n) is 8.45. The van der Waals surface area contributed by atoms with Crippen LogP contribution in [0.4, 0.5) is 0 Å². The van der Waals surface area contributed by atoms with Gasteiger partial charge < -0.3 is 28.6 Å². The Morgan fingerprint density at radius 1 is 0.596 bits per heavy atom. The van der Waals surface area contributed by atoms with E-state index in [9.17, 15) is 19.5 Å². The van der Waals surface area contributed by atoms with Crippen LogP contribution in [0.5, 0.6) is 0 Å². The number of aliphatic carboxylic acids is 1. The van der Waals surface area contributed by atoms with Crippen molar-refractivity contribution in [3.05, 3.63) is 72.9 Å². The van der Waals surface area contributed by atoms with Gasteiger partial charge in [0.05, 0.1) is 40.3 Å². The van der Waals surface area contributed by atoms with Crippen LogP contribution in [0.15, 0.2) is 72.9 Å². The molecule has 52 heavy (non-hydrogen) atoms. The summed E-state index contributed by atoms with van der Waals surface area (Å²) in [6.07, 6.45) is 42.2. The summed E-state index contributed by atoms with van der Waals surface area (Å²) in [5.74, 6) is -1.85. The van der Waals surface area contributed by atoms with Gasteiger partial charge >= 0.3 is 11.9 Å². The van der Waals surface area contributed by atoms with E-state index in [2.05, 4.69) is 32.1 Å². The lowest BCUT2D eigenvalue weighted by molar-refractivity contribution is -0.889. The molecule has 0 aromatic heterocycles. The molecule has 296 valence electrons. The van der Waals surface area contributed by atoms with E-state index in [1.165, 1.54) is 64.2 Å². The summed E-state index contributed by atoms with van der Waals surface area (Å²) in [7, 11) is 5.36. The molecule has 0 saturated heterocycles. The van der Waals surface area contributed by atoms with Gasteiger partial charge in [-0.15, -0.1) is 0 Å². The van der Waals surface area contributed by atoms with Crippen LogP contribution in [0.3, 0.4) is 0 Å². The zero-order valence-electron chi connectivity index (χ0n) is 33.4. The van der Waals surface area contributed by atoms with Gasteiger partial charge in [-0.05, 0) is 51.4 Å². The van der Waals surface area contributed by atoms with Gasteiger partial charge in [-0.2, -0.15) is 0 Å². The van der Waals surface area contributed by atoms with E-state index >= 15 is 0 Å². The zero-order valence-corrected chi connectivity index (χ0v) is 33.4. The van der Waals surface area contributed by atoms with Crippen LogP contribution in [0.25, 0.3) is 0 Å². The number of quaternary nitrogens is 1. The Morgan fingerprint density at radius 3 is 1.69 bits per heavy atom. The molecule has 0 amide bonds. The molecule has 0 aromatic rings. The van der Waals surface area contributed by atoms with Crippen LogP contribution in [-0.4, -0.2) is 75.5 Å². The summed E-state index contributed by atoms with van der Waals surface area (Å²) in [4.78, 5) is 36.7. The molecule has 0 aliphatic rings. The molecular weight excluding hydrogens is 654 g/mol. The molecule has 0 aliphatic carbocycles. The van der Waals surface area contributed by atoms with Gasteiger partial charge in [0.25, 0.3) is 0 Å². The lowest BCUT2D eigenvalue weighted by Crippen LogP contribution is -2.55. The first-order chi connectivity index (χ1) is 25.1. The number of hydrogen-bond donors (Lipinski definition) is 0. The number of rotatable bonds is 34. The topological polar surface area (TPSA) is 102 Å². The number of carboxylic acids is 1. The second-order valence-electron chi connectivity index (χ2n) is 14.3. The smallest absolute Gasteiger partial charge is 0.306 e. The van der Waals surface area contributed by atoms with Gasteiger partial charge in [0.2, 0.25) is 0 Å². The second-order valence-corrected chi connectivity index (χ2v) is 14.3. The van der Waals surface area contributed by atoms with E-state index in [0.717, 1.165) is 25.7 Å². The van der Waals surface area contributed by atoms with E-state index in [1.54, 1.807) is 21.1 Å². The number of hydrogen-bond acceptors (Lipinski definition) is 7.